The number of H-pyrrole nitrogens is 1. The van der Waals surface area contributed by atoms with Gasteiger partial charge in [-0.25, -0.2) is 0 Å². The quantitative estimate of drug-likeness (QED) is 0.600. The maximum atomic E-state index is 10.5. The van der Waals surface area contributed by atoms with Crippen molar-refractivity contribution in [2.24, 2.45) is 5.92 Å². The first-order valence-electron chi connectivity index (χ1n) is 5.59. The molecule has 0 bridgehead atoms. The third-order valence-corrected chi connectivity index (χ3v) is 3.34. The van der Waals surface area contributed by atoms with E-state index in [0.29, 0.717) is 5.92 Å². The number of nitrogens with one attached hydrogen (secondary N) is 2. The van der Waals surface area contributed by atoms with Crippen molar-refractivity contribution in [3.8, 4) is 0 Å². The number of hydrogen-bond acceptors (Lipinski definition) is 4. The van der Waals surface area contributed by atoms with E-state index in [2.05, 4.69) is 22.4 Å². The molecular weight excluding hydrogens is 208 g/mol. The predicted molar refractivity (Wildman–Crippen MR) is 59.3 cm³/mol. The van der Waals surface area contributed by atoms with Gasteiger partial charge in [0.05, 0.1) is 11.8 Å². The zero-order valence-electron chi connectivity index (χ0n) is 9.27. The minimum Gasteiger partial charge on any atom is -0.358 e. The van der Waals surface area contributed by atoms with Gasteiger partial charge in [0.25, 0.3) is 0 Å². The summed E-state index contributed by atoms with van der Waals surface area (Å²) in [6.07, 6.45) is 2.23. The van der Waals surface area contributed by atoms with E-state index in [1.165, 1.54) is 0 Å². The third-order valence-electron chi connectivity index (χ3n) is 3.34. The molecule has 88 valence electrons. The van der Waals surface area contributed by atoms with Crippen LogP contribution >= 0.6 is 0 Å². The van der Waals surface area contributed by atoms with Crippen LogP contribution in [-0.2, 0) is 0 Å². The van der Waals surface area contributed by atoms with Crippen LogP contribution in [0.5, 0.6) is 0 Å². The molecule has 1 saturated heterocycles. The summed E-state index contributed by atoms with van der Waals surface area (Å²) in [5.41, 5.74) is 0.804. The summed E-state index contributed by atoms with van der Waals surface area (Å²) in [5, 5.41) is 20.3. The van der Waals surface area contributed by atoms with Crippen LogP contribution in [0.15, 0.2) is 6.07 Å². The number of nitro groups is 1. The number of rotatable bonds is 3. The van der Waals surface area contributed by atoms with Gasteiger partial charge in [-0.2, -0.15) is 0 Å². The summed E-state index contributed by atoms with van der Waals surface area (Å²) >= 11 is 0. The average Bonchev–Trinajstić information content (AvgIpc) is 2.78. The Kier molecular flexibility index (Phi) is 3.19. The van der Waals surface area contributed by atoms with Gasteiger partial charge < -0.3 is 15.4 Å². The second-order valence-electron chi connectivity index (χ2n) is 4.31. The molecule has 1 aromatic heterocycles. The van der Waals surface area contributed by atoms with Crippen LogP contribution < -0.4 is 5.32 Å². The van der Waals surface area contributed by atoms with E-state index in [9.17, 15) is 10.1 Å². The molecule has 1 unspecified atom stereocenters. The Hall–Kier alpha value is -1.43. The molecule has 0 amide bonds. The molecule has 16 heavy (non-hydrogen) atoms. The molecular formula is C10H16N4O2. The van der Waals surface area contributed by atoms with Crippen LogP contribution in [0.4, 0.5) is 5.82 Å². The van der Waals surface area contributed by atoms with E-state index in [-0.39, 0.29) is 11.7 Å². The molecule has 1 aliphatic heterocycles. The SMILES string of the molecule is CC(c1cc([N+](=O)[O-])[nH]n1)C1CCNCC1. The molecule has 0 aliphatic carbocycles. The summed E-state index contributed by atoms with van der Waals surface area (Å²) < 4.78 is 0. The molecule has 0 radical (unpaired) electrons. The fraction of sp³-hybridized carbons (Fsp3) is 0.700. The summed E-state index contributed by atoms with van der Waals surface area (Å²) in [6, 6.07) is 1.55. The predicted octanol–water partition coefficient (Wildman–Crippen LogP) is 1.42. The zero-order valence-corrected chi connectivity index (χ0v) is 9.27. The average molecular weight is 224 g/mol. The highest BCUT2D eigenvalue weighted by molar-refractivity contribution is 5.23. The van der Waals surface area contributed by atoms with Gasteiger partial charge in [0.2, 0.25) is 0 Å². The zero-order chi connectivity index (χ0) is 11.5. The highest BCUT2D eigenvalue weighted by Gasteiger charge is 2.25. The lowest BCUT2D eigenvalue weighted by molar-refractivity contribution is -0.389. The van der Waals surface area contributed by atoms with E-state index in [4.69, 9.17) is 0 Å². The second-order valence-corrected chi connectivity index (χ2v) is 4.31. The van der Waals surface area contributed by atoms with Crippen molar-refractivity contribution in [1.29, 1.82) is 0 Å². The summed E-state index contributed by atoms with van der Waals surface area (Å²) in [4.78, 5) is 10.1. The smallest absolute Gasteiger partial charge is 0.342 e. The van der Waals surface area contributed by atoms with E-state index in [0.717, 1.165) is 31.6 Å². The summed E-state index contributed by atoms with van der Waals surface area (Å²) in [7, 11) is 0. The summed E-state index contributed by atoms with van der Waals surface area (Å²) in [5.74, 6) is 0.840. The van der Waals surface area contributed by atoms with Gasteiger partial charge in [0.1, 0.15) is 0 Å². The minimum absolute atomic E-state index is 0.0178. The first-order valence-corrected chi connectivity index (χ1v) is 5.59. The van der Waals surface area contributed by atoms with Gasteiger partial charge in [-0.05, 0) is 36.8 Å². The Morgan fingerprint density at radius 3 is 2.81 bits per heavy atom. The van der Waals surface area contributed by atoms with Crippen molar-refractivity contribution >= 4 is 5.82 Å². The maximum Gasteiger partial charge on any atom is 0.342 e. The third kappa shape index (κ3) is 2.21. The molecule has 0 aromatic carbocycles. The number of piperidine rings is 1. The molecule has 2 N–H and O–H groups in total. The molecule has 6 nitrogen and oxygen atoms in total. The summed E-state index contributed by atoms with van der Waals surface area (Å²) in [6.45, 7) is 4.15. The van der Waals surface area contributed by atoms with Crippen LogP contribution in [0.3, 0.4) is 0 Å². The maximum absolute atomic E-state index is 10.5. The number of aromatic amines is 1. The van der Waals surface area contributed by atoms with Crippen LogP contribution in [0, 0.1) is 16.0 Å². The molecule has 0 spiro atoms. The monoisotopic (exact) mass is 224 g/mol. The fourth-order valence-electron chi connectivity index (χ4n) is 2.24. The van der Waals surface area contributed by atoms with Crippen molar-refractivity contribution in [3.05, 3.63) is 21.9 Å². The van der Waals surface area contributed by atoms with E-state index in [1.54, 1.807) is 6.07 Å². The van der Waals surface area contributed by atoms with Crippen molar-refractivity contribution < 1.29 is 4.92 Å². The number of aromatic nitrogens is 2. The lowest BCUT2D eigenvalue weighted by atomic mass is 9.84. The van der Waals surface area contributed by atoms with Crippen molar-refractivity contribution in [2.75, 3.05) is 13.1 Å². The van der Waals surface area contributed by atoms with Gasteiger partial charge in [-0.1, -0.05) is 12.0 Å². The normalized spacial score (nSPS) is 19.6. The lowest BCUT2D eigenvalue weighted by Crippen LogP contribution is -2.30. The Balaban J connectivity index is 2.07. The standard InChI is InChI=1S/C10H16N4O2/c1-7(8-2-4-11-5-3-8)9-6-10(13-12-9)14(15)16/h6-8,11H,2-5H2,1H3,(H,12,13). The van der Waals surface area contributed by atoms with Crippen molar-refractivity contribution in [3.63, 3.8) is 0 Å². The van der Waals surface area contributed by atoms with Gasteiger partial charge in [0.15, 0.2) is 0 Å². The van der Waals surface area contributed by atoms with Gasteiger partial charge >= 0.3 is 5.82 Å². The van der Waals surface area contributed by atoms with Gasteiger partial charge in [-0.15, -0.1) is 5.10 Å². The van der Waals surface area contributed by atoms with Crippen LogP contribution in [0.25, 0.3) is 0 Å². The first kappa shape index (κ1) is 11.1. The Morgan fingerprint density at radius 1 is 1.56 bits per heavy atom. The number of nitrogens with zero attached hydrogens (tertiary/aromatic N) is 2. The molecule has 1 fully saturated rings. The molecule has 2 rings (SSSR count). The van der Waals surface area contributed by atoms with E-state index < -0.39 is 4.92 Å². The minimum atomic E-state index is -0.439. The molecule has 1 aromatic rings. The van der Waals surface area contributed by atoms with Gasteiger partial charge in [0, 0.05) is 5.92 Å². The Morgan fingerprint density at radius 2 is 2.25 bits per heavy atom. The molecule has 1 aliphatic rings. The fourth-order valence-corrected chi connectivity index (χ4v) is 2.24. The van der Waals surface area contributed by atoms with Crippen LogP contribution in [0.2, 0.25) is 0 Å². The lowest BCUT2D eigenvalue weighted by Gasteiger charge is -2.26. The highest BCUT2D eigenvalue weighted by atomic mass is 16.6. The van der Waals surface area contributed by atoms with Crippen molar-refractivity contribution in [1.82, 2.24) is 15.5 Å². The molecule has 2 heterocycles. The highest BCUT2D eigenvalue weighted by Crippen LogP contribution is 2.30. The topological polar surface area (TPSA) is 83.8 Å². The van der Waals surface area contributed by atoms with Crippen LogP contribution in [-0.4, -0.2) is 28.2 Å². The van der Waals surface area contributed by atoms with E-state index in [1.807, 2.05) is 0 Å². The second kappa shape index (κ2) is 4.61. The number of hydrogen-bond donors (Lipinski definition) is 2. The largest absolute Gasteiger partial charge is 0.358 e. The molecule has 6 heteroatoms. The van der Waals surface area contributed by atoms with Gasteiger partial charge in [-0.3, -0.25) is 0 Å². The van der Waals surface area contributed by atoms with Crippen molar-refractivity contribution in [2.45, 2.75) is 25.7 Å². The van der Waals surface area contributed by atoms with Crippen LogP contribution in [0.1, 0.15) is 31.4 Å². The Bertz CT molecular complexity index is 371. The van der Waals surface area contributed by atoms with E-state index >= 15 is 0 Å². The molecule has 0 saturated carbocycles. The first-order chi connectivity index (χ1) is 7.68. The molecule has 1 atom stereocenters. The Labute approximate surface area is 93.6 Å².